The lowest BCUT2D eigenvalue weighted by molar-refractivity contribution is -0.384. The molecule has 0 bridgehead atoms. The number of esters is 1. The number of nitro benzene ring substituents is 1. The van der Waals surface area contributed by atoms with Crippen molar-refractivity contribution in [1.29, 1.82) is 0 Å². The first-order valence-electron chi connectivity index (χ1n) is 5.83. The number of carbonyl (C=O) groups excluding carboxylic acids is 1. The Bertz CT molecular complexity index is 620. The van der Waals surface area contributed by atoms with Gasteiger partial charge in [-0.3, -0.25) is 10.1 Å². The normalized spacial score (nSPS) is 10.2. The van der Waals surface area contributed by atoms with Crippen molar-refractivity contribution < 1.29 is 19.0 Å². The van der Waals surface area contributed by atoms with Gasteiger partial charge in [0.25, 0.3) is 11.5 Å². The van der Waals surface area contributed by atoms with Gasteiger partial charge in [0.1, 0.15) is 0 Å². The monoisotopic (exact) mass is 277 g/mol. The quantitative estimate of drug-likeness (QED) is 0.465. The van der Waals surface area contributed by atoms with E-state index in [2.05, 4.69) is 10.1 Å². The molecule has 104 valence electrons. The predicted molar refractivity (Wildman–Crippen MR) is 66.2 cm³/mol. The molecule has 0 saturated heterocycles. The van der Waals surface area contributed by atoms with E-state index in [9.17, 15) is 14.9 Å². The number of nitrogens with zero attached hydrogens (tertiary/aromatic N) is 3. The second-order valence-electron chi connectivity index (χ2n) is 3.83. The van der Waals surface area contributed by atoms with Crippen LogP contribution in [-0.4, -0.2) is 27.6 Å². The molecule has 0 spiro atoms. The summed E-state index contributed by atoms with van der Waals surface area (Å²) in [4.78, 5) is 25.3. The largest absolute Gasteiger partial charge is 0.460 e. The lowest BCUT2D eigenvalue weighted by Crippen LogP contribution is -2.06. The van der Waals surface area contributed by atoms with Gasteiger partial charge >= 0.3 is 5.97 Å². The molecule has 1 aromatic carbocycles. The average molecular weight is 277 g/mol. The fraction of sp³-hybridized carbons (Fsp3) is 0.250. The van der Waals surface area contributed by atoms with Crippen molar-refractivity contribution in [2.75, 3.05) is 6.61 Å². The molecule has 0 atom stereocenters. The number of rotatable bonds is 5. The topological polar surface area (TPSA) is 108 Å². The van der Waals surface area contributed by atoms with Crippen LogP contribution in [0.5, 0.6) is 0 Å². The molecular formula is C12H11N3O5. The highest BCUT2D eigenvalue weighted by molar-refractivity contribution is 5.84. The maximum atomic E-state index is 11.3. The average Bonchev–Trinajstić information content (AvgIpc) is 2.88. The van der Waals surface area contributed by atoms with Gasteiger partial charge in [-0.15, -0.1) is 0 Å². The minimum absolute atomic E-state index is 0.00601. The van der Waals surface area contributed by atoms with Crippen LogP contribution in [0.4, 0.5) is 5.69 Å². The molecule has 0 saturated carbocycles. The van der Waals surface area contributed by atoms with Gasteiger partial charge in [0.15, 0.2) is 0 Å². The van der Waals surface area contributed by atoms with Crippen molar-refractivity contribution in [3.8, 4) is 0 Å². The zero-order valence-corrected chi connectivity index (χ0v) is 10.6. The van der Waals surface area contributed by atoms with Crippen molar-refractivity contribution in [3.63, 3.8) is 0 Å². The third-order valence-electron chi connectivity index (χ3n) is 2.43. The summed E-state index contributed by atoms with van der Waals surface area (Å²) in [6, 6.07) is 5.95. The second kappa shape index (κ2) is 5.91. The van der Waals surface area contributed by atoms with Crippen LogP contribution in [0, 0.1) is 10.1 Å². The van der Waals surface area contributed by atoms with Gasteiger partial charge in [-0.05, 0) is 17.6 Å². The van der Waals surface area contributed by atoms with E-state index in [1.54, 1.807) is 19.1 Å². The molecule has 8 heteroatoms. The van der Waals surface area contributed by atoms with E-state index >= 15 is 0 Å². The SMILES string of the molecule is CCOC(=O)c1noc(Cc2ccc([N+](=O)[O-])cc2)n1. The van der Waals surface area contributed by atoms with Crippen LogP contribution in [0.3, 0.4) is 0 Å². The molecule has 1 aromatic heterocycles. The fourth-order valence-corrected chi connectivity index (χ4v) is 1.52. The molecule has 0 aliphatic rings. The van der Waals surface area contributed by atoms with Crippen LogP contribution in [0.15, 0.2) is 28.8 Å². The molecule has 1 heterocycles. The highest BCUT2D eigenvalue weighted by atomic mass is 16.6. The molecule has 0 radical (unpaired) electrons. The maximum absolute atomic E-state index is 11.3. The summed E-state index contributed by atoms with van der Waals surface area (Å²) >= 11 is 0. The lowest BCUT2D eigenvalue weighted by atomic mass is 10.1. The number of aromatic nitrogens is 2. The van der Waals surface area contributed by atoms with E-state index < -0.39 is 10.9 Å². The zero-order chi connectivity index (χ0) is 14.5. The van der Waals surface area contributed by atoms with Crippen molar-refractivity contribution in [2.45, 2.75) is 13.3 Å². The summed E-state index contributed by atoms with van der Waals surface area (Å²) in [5, 5.41) is 14.0. The molecule has 0 fully saturated rings. The van der Waals surface area contributed by atoms with Crippen LogP contribution in [0.2, 0.25) is 0 Å². The first kappa shape index (κ1) is 13.7. The Morgan fingerprint density at radius 2 is 2.10 bits per heavy atom. The first-order valence-corrected chi connectivity index (χ1v) is 5.83. The highest BCUT2D eigenvalue weighted by Gasteiger charge is 2.16. The number of hydrogen-bond donors (Lipinski definition) is 0. The summed E-state index contributed by atoms with van der Waals surface area (Å²) in [6.45, 7) is 1.90. The minimum atomic E-state index is -0.647. The van der Waals surface area contributed by atoms with Crippen molar-refractivity contribution in [3.05, 3.63) is 51.7 Å². The van der Waals surface area contributed by atoms with Crippen LogP contribution in [-0.2, 0) is 11.2 Å². The van der Waals surface area contributed by atoms with E-state index in [0.29, 0.717) is 0 Å². The standard InChI is InChI=1S/C12H11N3O5/c1-2-19-12(16)11-13-10(20-14-11)7-8-3-5-9(6-4-8)15(17)18/h3-6H,2,7H2,1H3. The molecule has 2 rings (SSSR count). The van der Waals surface area contributed by atoms with Crippen molar-refractivity contribution in [2.24, 2.45) is 0 Å². The van der Waals surface area contributed by atoms with Crippen molar-refractivity contribution in [1.82, 2.24) is 10.1 Å². The number of carbonyl (C=O) groups is 1. The summed E-state index contributed by atoms with van der Waals surface area (Å²) in [6.07, 6.45) is 0.282. The van der Waals surface area contributed by atoms with Crippen LogP contribution >= 0.6 is 0 Å². The number of non-ortho nitro benzene ring substituents is 1. The van der Waals surface area contributed by atoms with Gasteiger partial charge in [0.2, 0.25) is 5.89 Å². The van der Waals surface area contributed by atoms with Gasteiger partial charge < -0.3 is 9.26 Å². The Morgan fingerprint density at radius 1 is 1.40 bits per heavy atom. The molecule has 0 aliphatic carbocycles. The summed E-state index contributed by atoms with van der Waals surface area (Å²) < 4.78 is 9.65. The van der Waals surface area contributed by atoms with Gasteiger partial charge in [-0.25, -0.2) is 4.79 Å². The Kier molecular flexibility index (Phi) is 4.04. The van der Waals surface area contributed by atoms with E-state index in [1.807, 2.05) is 0 Å². The summed E-state index contributed by atoms with van der Waals surface area (Å²) in [7, 11) is 0. The highest BCUT2D eigenvalue weighted by Crippen LogP contribution is 2.14. The van der Waals surface area contributed by atoms with E-state index in [0.717, 1.165) is 5.56 Å². The molecular weight excluding hydrogens is 266 g/mol. The molecule has 0 N–H and O–H groups in total. The van der Waals surface area contributed by atoms with E-state index in [1.165, 1.54) is 12.1 Å². The Balaban J connectivity index is 2.06. The Labute approximate surface area is 113 Å². The molecule has 2 aromatic rings. The smallest absolute Gasteiger partial charge is 0.379 e. The Morgan fingerprint density at radius 3 is 2.70 bits per heavy atom. The van der Waals surface area contributed by atoms with Crippen molar-refractivity contribution >= 4 is 11.7 Å². The number of hydrogen-bond acceptors (Lipinski definition) is 7. The lowest BCUT2D eigenvalue weighted by Gasteiger charge is -1.96. The molecule has 20 heavy (non-hydrogen) atoms. The van der Waals surface area contributed by atoms with Gasteiger partial charge in [0, 0.05) is 12.1 Å². The first-order chi connectivity index (χ1) is 9.60. The summed E-state index contributed by atoms with van der Waals surface area (Å²) in [5.74, 6) is -0.545. The number of nitro groups is 1. The van der Waals surface area contributed by atoms with Gasteiger partial charge in [-0.2, -0.15) is 4.98 Å². The predicted octanol–water partition coefficient (Wildman–Crippen LogP) is 1.75. The third-order valence-corrected chi connectivity index (χ3v) is 2.43. The summed E-state index contributed by atoms with van der Waals surface area (Å²) in [5.41, 5.74) is 0.765. The number of benzene rings is 1. The molecule has 8 nitrogen and oxygen atoms in total. The van der Waals surface area contributed by atoms with Crippen LogP contribution < -0.4 is 0 Å². The molecule has 0 unspecified atom stereocenters. The zero-order valence-electron chi connectivity index (χ0n) is 10.6. The van der Waals surface area contributed by atoms with Gasteiger partial charge in [-0.1, -0.05) is 12.1 Å². The van der Waals surface area contributed by atoms with Gasteiger partial charge in [0.05, 0.1) is 18.0 Å². The fourth-order valence-electron chi connectivity index (χ4n) is 1.52. The molecule has 0 amide bonds. The third kappa shape index (κ3) is 3.16. The van der Waals surface area contributed by atoms with Crippen LogP contribution in [0.1, 0.15) is 29.0 Å². The van der Waals surface area contributed by atoms with E-state index in [-0.39, 0.29) is 30.4 Å². The second-order valence-corrected chi connectivity index (χ2v) is 3.83. The maximum Gasteiger partial charge on any atom is 0.379 e. The van der Waals surface area contributed by atoms with E-state index in [4.69, 9.17) is 9.26 Å². The van der Waals surface area contributed by atoms with Crippen LogP contribution in [0.25, 0.3) is 0 Å². The molecule has 0 aliphatic heterocycles. The number of ether oxygens (including phenoxy) is 1. The minimum Gasteiger partial charge on any atom is -0.460 e. The Hall–Kier alpha value is -2.77.